The molecular weight excluding hydrogens is 222 g/mol. The second-order valence-corrected chi connectivity index (χ2v) is 6.40. The van der Waals surface area contributed by atoms with E-state index in [2.05, 4.69) is 46.9 Å². The summed E-state index contributed by atoms with van der Waals surface area (Å²) in [6.45, 7) is 14.7. The van der Waals surface area contributed by atoms with Crippen molar-refractivity contribution in [2.75, 3.05) is 6.54 Å². The normalized spacial score (nSPS) is 27.0. The van der Waals surface area contributed by atoms with Gasteiger partial charge in [0.15, 0.2) is 0 Å². The molecule has 18 heavy (non-hydrogen) atoms. The van der Waals surface area contributed by atoms with E-state index in [0.29, 0.717) is 17.6 Å². The molecule has 0 aliphatic heterocycles. The quantitative estimate of drug-likeness (QED) is 0.704. The van der Waals surface area contributed by atoms with Crippen molar-refractivity contribution in [1.29, 1.82) is 0 Å². The number of hydrogen-bond donors (Lipinski definition) is 1. The Morgan fingerprint density at radius 2 is 1.78 bits per heavy atom. The van der Waals surface area contributed by atoms with Crippen molar-refractivity contribution in [3.63, 3.8) is 0 Å². The fraction of sp³-hybridized carbons (Fsp3) is 1.00. The Hall–Kier alpha value is -0.0800. The maximum Gasteiger partial charge on any atom is 0.0668 e. The Bertz CT molecular complexity index is 245. The number of nitrogens with one attached hydrogen (secondary N) is 1. The van der Waals surface area contributed by atoms with Gasteiger partial charge in [-0.1, -0.05) is 27.7 Å². The number of rotatable bonds is 8. The highest BCUT2D eigenvalue weighted by atomic mass is 16.5. The van der Waals surface area contributed by atoms with Crippen molar-refractivity contribution >= 4 is 0 Å². The van der Waals surface area contributed by atoms with Crippen molar-refractivity contribution in [2.45, 2.75) is 91.4 Å². The van der Waals surface area contributed by atoms with Crippen molar-refractivity contribution in [2.24, 2.45) is 5.41 Å². The minimum atomic E-state index is 0.0238. The molecule has 1 fully saturated rings. The van der Waals surface area contributed by atoms with E-state index in [1.165, 1.54) is 25.7 Å². The second kappa shape index (κ2) is 6.38. The van der Waals surface area contributed by atoms with E-state index in [1.807, 2.05) is 0 Å². The van der Waals surface area contributed by atoms with Crippen molar-refractivity contribution < 1.29 is 4.74 Å². The summed E-state index contributed by atoms with van der Waals surface area (Å²) in [4.78, 5) is 0. The molecule has 2 atom stereocenters. The molecule has 0 aromatic heterocycles. The smallest absolute Gasteiger partial charge is 0.0668 e. The zero-order chi connectivity index (χ0) is 13.8. The summed E-state index contributed by atoms with van der Waals surface area (Å²) >= 11 is 0. The van der Waals surface area contributed by atoms with Gasteiger partial charge in [0.1, 0.15) is 0 Å². The Balaban J connectivity index is 2.66. The van der Waals surface area contributed by atoms with Crippen LogP contribution in [0, 0.1) is 5.41 Å². The molecular formula is C16H33NO. The first-order chi connectivity index (χ1) is 8.45. The first-order valence-electron chi connectivity index (χ1n) is 7.86. The standard InChI is InChI=1S/C16H33NO/c1-7-11-17-13-12-14(16(13,9-3)10-4)18-15(5,6)8-2/h13-14,17H,7-12H2,1-6H3. The highest BCUT2D eigenvalue weighted by Gasteiger charge is 2.54. The molecule has 2 heteroatoms. The molecule has 0 aromatic rings. The van der Waals surface area contributed by atoms with Crippen LogP contribution in [0.25, 0.3) is 0 Å². The zero-order valence-electron chi connectivity index (χ0n) is 13.3. The van der Waals surface area contributed by atoms with Gasteiger partial charge in [0, 0.05) is 11.5 Å². The van der Waals surface area contributed by atoms with Gasteiger partial charge in [-0.25, -0.2) is 0 Å². The fourth-order valence-corrected chi connectivity index (χ4v) is 3.18. The van der Waals surface area contributed by atoms with Crippen LogP contribution >= 0.6 is 0 Å². The molecule has 2 unspecified atom stereocenters. The van der Waals surface area contributed by atoms with E-state index in [0.717, 1.165) is 13.0 Å². The molecule has 1 rings (SSSR count). The molecule has 1 aliphatic rings. The summed E-state index contributed by atoms with van der Waals surface area (Å²) in [6.07, 6.45) is 6.36. The van der Waals surface area contributed by atoms with Gasteiger partial charge in [-0.05, 0) is 52.5 Å². The van der Waals surface area contributed by atoms with E-state index in [9.17, 15) is 0 Å². The lowest BCUT2D eigenvalue weighted by Crippen LogP contribution is -2.64. The summed E-state index contributed by atoms with van der Waals surface area (Å²) in [5, 5.41) is 3.72. The third kappa shape index (κ3) is 3.08. The lowest BCUT2D eigenvalue weighted by molar-refractivity contribution is -0.195. The van der Waals surface area contributed by atoms with Crippen LogP contribution in [0.15, 0.2) is 0 Å². The van der Waals surface area contributed by atoms with Crippen LogP contribution < -0.4 is 5.32 Å². The van der Waals surface area contributed by atoms with Crippen LogP contribution in [0.3, 0.4) is 0 Å². The van der Waals surface area contributed by atoms with E-state index >= 15 is 0 Å². The largest absolute Gasteiger partial charge is 0.372 e. The van der Waals surface area contributed by atoms with Crippen LogP contribution in [0.2, 0.25) is 0 Å². The monoisotopic (exact) mass is 255 g/mol. The Labute approximate surface area is 114 Å². The van der Waals surface area contributed by atoms with Crippen molar-refractivity contribution in [3.05, 3.63) is 0 Å². The van der Waals surface area contributed by atoms with Crippen molar-refractivity contribution in [1.82, 2.24) is 5.32 Å². The Morgan fingerprint density at radius 3 is 2.22 bits per heavy atom. The third-order valence-electron chi connectivity index (χ3n) is 5.05. The average Bonchev–Trinajstić information content (AvgIpc) is 2.34. The maximum absolute atomic E-state index is 6.39. The SMILES string of the molecule is CCCNC1CC(OC(C)(C)CC)C1(CC)CC. The summed E-state index contributed by atoms with van der Waals surface area (Å²) in [5.41, 5.74) is 0.387. The highest BCUT2D eigenvalue weighted by Crippen LogP contribution is 2.50. The molecule has 0 spiro atoms. The lowest BCUT2D eigenvalue weighted by Gasteiger charge is -2.57. The van der Waals surface area contributed by atoms with Crippen molar-refractivity contribution in [3.8, 4) is 0 Å². The first kappa shape index (κ1) is 16.0. The fourth-order valence-electron chi connectivity index (χ4n) is 3.18. The van der Waals surface area contributed by atoms with Gasteiger partial charge >= 0.3 is 0 Å². The molecule has 1 N–H and O–H groups in total. The van der Waals surface area contributed by atoms with Crippen LogP contribution in [0.5, 0.6) is 0 Å². The lowest BCUT2D eigenvalue weighted by atomic mass is 9.58. The van der Waals surface area contributed by atoms with Gasteiger partial charge in [-0.2, -0.15) is 0 Å². The summed E-state index contributed by atoms with van der Waals surface area (Å²) in [7, 11) is 0. The van der Waals surface area contributed by atoms with Gasteiger partial charge in [0.2, 0.25) is 0 Å². The van der Waals surface area contributed by atoms with Crippen LogP contribution in [0.1, 0.15) is 73.6 Å². The minimum Gasteiger partial charge on any atom is -0.372 e. The second-order valence-electron chi connectivity index (χ2n) is 6.40. The topological polar surface area (TPSA) is 21.3 Å². The van der Waals surface area contributed by atoms with Crippen LogP contribution in [-0.4, -0.2) is 24.3 Å². The van der Waals surface area contributed by atoms with E-state index in [4.69, 9.17) is 4.74 Å². The molecule has 1 saturated carbocycles. The molecule has 0 heterocycles. The summed E-state index contributed by atoms with van der Waals surface area (Å²) in [6, 6.07) is 0.658. The van der Waals surface area contributed by atoms with E-state index < -0.39 is 0 Å². The first-order valence-corrected chi connectivity index (χ1v) is 7.86. The van der Waals surface area contributed by atoms with Crippen LogP contribution in [0.4, 0.5) is 0 Å². The Kier molecular flexibility index (Phi) is 5.67. The molecule has 108 valence electrons. The summed E-state index contributed by atoms with van der Waals surface area (Å²) in [5.74, 6) is 0. The molecule has 0 aromatic carbocycles. The number of hydrogen-bond acceptors (Lipinski definition) is 2. The maximum atomic E-state index is 6.39. The van der Waals surface area contributed by atoms with Gasteiger partial charge in [-0.3, -0.25) is 0 Å². The van der Waals surface area contributed by atoms with Crippen LogP contribution in [-0.2, 0) is 4.74 Å². The Morgan fingerprint density at radius 1 is 1.17 bits per heavy atom. The average molecular weight is 255 g/mol. The van der Waals surface area contributed by atoms with Gasteiger partial charge < -0.3 is 10.1 Å². The summed E-state index contributed by atoms with van der Waals surface area (Å²) < 4.78 is 6.39. The van der Waals surface area contributed by atoms with E-state index in [-0.39, 0.29) is 5.60 Å². The predicted molar refractivity (Wildman–Crippen MR) is 79.0 cm³/mol. The molecule has 2 nitrogen and oxygen atoms in total. The third-order valence-corrected chi connectivity index (χ3v) is 5.05. The minimum absolute atomic E-state index is 0.0238. The van der Waals surface area contributed by atoms with E-state index in [1.54, 1.807) is 0 Å². The molecule has 1 aliphatic carbocycles. The zero-order valence-corrected chi connectivity index (χ0v) is 13.3. The number of ether oxygens (including phenoxy) is 1. The van der Waals surface area contributed by atoms with Gasteiger partial charge in [0.25, 0.3) is 0 Å². The van der Waals surface area contributed by atoms with Gasteiger partial charge in [-0.15, -0.1) is 0 Å². The van der Waals surface area contributed by atoms with Gasteiger partial charge in [0.05, 0.1) is 11.7 Å². The predicted octanol–water partition coefficient (Wildman–Crippen LogP) is 4.14. The molecule has 0 amide bonds. The highest BCUT2D eigenvalue weighted by molar-refractivity contribution is 5.07. The molecule has 0 bridgehead atoms. The molecule has 0 radical (unpaired) electrons. The molecule has 0 saturated heterocycles.